The van der Waals surface area contributed by atoms with E-state index in [9.17, 15) is 4.79 Å². The standard InChI is InChI=1S/C22H20Cl2N2O/c1-15(17-9-11-18(23)12-10-17)25-14-16-5-4-6-19(13-16)26-22(27)20-7-2-3-8-21(20)24/h2-13,15,25H,14H2,1H3,(H,26,27)/t15-/m1/s1. The maximum absolute atomic E-state index is 12.4. The molecule has 3 rings (SSSR count). The molecule has 0 heterocycles. The monoisotopic (exact) mass is 398 g/mol. The van der Waals surface area contributed by atoms with Crippen LogP contribution in [0.25, 0.3) is 0 Å². The van der Waals surface area contributed by atoms with Gasteiger partial charge in [0.15, 0.2) is 0 Å². The minimum Gasteiger partial charge on any atom is -0.322 e. The van der Waals surface area contributed by atoms with E-state index in [1.807, 2.05) is 48.5 Å². The molecule has 0 unspecified atom stereocenters. The van der Waals surface area contributed by atoms with Crippen molar-refractivity contribution in [1.29, 1.82) is 0 Å². The number of rotatable bonds is 6. The summed E-state index contributed by atoms with van der Waals surface area (Å²) >= 11 is 12.0. The van der Waals surface area contributed by atoms with Gasteiger partial charge in [0.2, 0.25) is 0 Å². The molecular formula is C22H20Cl2N2O. The molecule has 5 heteroatoms. The van der Waals surface area contributed by atoms with Gasteiger partial charge in [0, 0.05) is 23.3 Å². The van der Waals surface area contributed by atoms with Crippen molar-refractivity contribution in [2.24, 2.45) is 0 Å². The Balaban J connectivity index is 1.62. The molecule has 0 fully saturated rings. The number of amides is 1. The Bertz CT molecular complexity index is 926. The molecule has 138 valence electrons. The number of carbonyl (C=O) groups excluding carboxylic acids is 1. The molecule has 0 aromatic heterocycles. The van der Waals surface area contributed by atoms with Crippen LogP contribution >= 0.6 is 23.2 Å². The molecule has 2 N–H and O–H groups in total. The van der Waals surface area contributed by atoms with Gasteiger partial charge in [-0.2, -0.15) is 0 Å². The summed E-state index contributed by atoms with van der Waals surface area (Å²) in [6.07, 6.45) is 0. The highest BCUT2D eigenvalue weighted by Crippen LogP contribution is 2.19. The second-order valence-electron chi connectivity index (χ2n) is 6.29. The lowest BCUT2D eigenvalue weighted by molar-refractivity contribution is 0.102. The van der Waals surface area contributed by atoms with Crippen molar-refractivity contribution in [2.45, 2.75) is 19.5 Å². The third-order valence-electron chi connectivity index (χ3n) is 4.29. The van der Waals surface area contributed by atoms with E-state index in [2.05, 4.69) is 17.6 Å². The third kappa shape index (κ3) is 5.33. The molecular weight excluding hydrogens is 379 g/mol. The van der Waals surface area contributed by atoms with Crippen LogP contribution in [0, 0.1) is 0 Å². The zero-order valence-corrected chi connectivity index (χ0v) is 16.4. The second kappa shape index (κ2) is 9.05. The summed E-state index contributed by atoms with van der Waals surface area (Å²) in [5, 5.41) is 7.54. The third-order valence-corrected chi connectivity index (χ3v) is 4.87. The minimum absolute atomic E-state index is 0.184. The zero-order chi connectivity index (χ0) is 19.2. The van der Waals surface area contributed by atoms with Gasteiger partial charge >= 0.3 is 0 Å². The number of carbonyl (C=O) groups is 1. The van der Waals surface area contributed by atoms with Crippen LogP contribution in [-0.2, 0) is 6.54 Å². The van der Waals surface area contributed by atoms with Gasteiger partial charge in [-0.1, -0.05) is 59.6 Å². The van der Waals surface area contributed by atoms with Gasteiger partial charge in [-0.05, 0) is 54.4 Å². The number of hydrogen-bond acceptors (Lipinski definition) is 2. The number of halogens is 2. The summed E-state index contributed by atoms with van der Waals surface area (Å²) in [5.74, 6) is -0.222. The van der Waals surface area contributed by atoms with Crippen molar-refractivity contribution in [1.82, 2.24) is 5.32 Å². The topological polar surface area (TPSA) is 41.1 Å². The Kier molecular flexibility index (Phi) is 6.51. The van der Waals surface area contributed by atoms with Crippen molar-refractivity contribution in [3.8, 4) is 0 Å². The van der Waals surface area contributed by atoms with Crippen LogP contribution in [0.4, 0.5) is 5.69 Å². The number of anilines is 1. The minimum atomic E-state index is -0.222. The normalized spacial score (nSPS) is 11.8. The van der Waals surface area contributed by atoms with E-state index in [1.165, 1.54) is 5.56 Å². The van der Waals surface area contributed by atoms with Gasteiger partial charge in [-0.25, -0.2) is 0 Å². The van der Waals surface area contributed by atoms with Gasteiger partial charge in [0.1, 0.15) is 0 Å². The quantitative estimate of drug-likeness (QED) is 0.526. The SMILES string of the molecule is C[C@@H](NCc1cccc(NC(=O)c2ccccc2Cl)c1)c1ccc(Cl)cc1. The smallest absolute Gasteiger partial charge is 0.257 e. The first kappa shape index (κ1) is 19.4. The average molecular weight is 399 g/mol. The highest BCUT2D eigenvalue weighted by atomic mass is 35.5. The lowest BCUT2D eigenvalue weighted by atomic mass is 10.1. The Hall–Kier alpha value is -2.33. The molecule has 0 saturated heterocycles. The van der Waals surface area contributed by atoms with E-state index in [4.69, 9.17) is 23.2 Å². The average Bonchev–Trinajstić information content (AvgIpc) is 2.67. The fraction of sp³-hybridized carbons (Fsp3) is 0.136. The molecule has 0 bridgehead atoms. The maximum atomic E-state index is 12.4. The summed E-state index contributed by atoms with van der Waals surface area (Å²) in [5.41, 5.74) is 3.44. The molecule has 3 nitrogen and oxygen atoms in total. The summed E-state index contributed by atoms with van der Waals surface area (Å²) in [6.45, 7) is 2.78. The Morgan fingerprint density at radius 1 is 0.963 bits per heavy atom. The Morgan fingerprint density at radius 3 is 2.44 bits per heavy atom. The summed E-state index contributed by atoms with van der Waals surface area (Å²) in [6, 6.07) is 22.7. The fourth-order valence-corrected chi connectivity index (χ4v) is 3.09. The van der Waals surface area contributed by atoms with Gasteiger partial charge in [0.05, 0.1) is 10.6 Å². The predicted molar refractivity (Wildman–Crippen MR) is 113 cm³/mol. The first-order valence-electron chi connectivity index (χ1n) is 8.66. The molecule has 3 aromatic carbocycles. The van der Waals surface area contributed by atoms with E-state index >= 15 is 0 Å². The van der Waals surface area contributed by atoms with Crippen LogP contribution in [0.2, 0.25) is 10.0 Å². The van der Waals surface area contributed by atoms with Gasteiger partial charge < -0.3 is 10.6 Å². The maximum Gasteiger partial charge on any atom is 0.257 e. The molecule has 0 saturated carbocycles. The van der Waals surface area contributed by atoms with E-state index in [0.717, 1.165) is 16.3 Å². The van der Waals surface area contributed by atoms with E-state index in [0.29, 0.717) is 17.1 Å². The molecule has 3 aromatic rings. The van der Waals surface area contributed by atoms with E-state index in [1.54, 1.807) is 24.3 Å². The zero-order valence-electron chi connectivity index (χ0n) is 14.9. The molecule has 0 aliphatic rings. The van der Waals surface area contributed by atoms with Crippen LogP contribution < -0.4 is 10.6 Å². The van der Waals surface area contributed by atoms with Gasteiger partial charge in [-0.15, -0.1) is 0 Å². The second-order valence-corrected chi connectivity index (χ2v) is 7.13. The van der Waals surface area contributed by atoms with Crippen LogP contribution in [0.5, 0.6) is 0 Å². The van der Waals surface area contributed by atoms with Crippen LogP contribution in [0.15, 0.2) is 72.8 Å². The lowest BCUT2D eigenvalue weighted by Crippen LogP contribution is -2.18. The number of benzene rings is 3. The Morgan fingerprint density at radius 2 is 1.70 bits per heavy atom. The molecule has 0 spiro atoms. The molecule has 0 aliphatic carbocycles. The lowest BCUT2D eigenvalue weighted by Gasteiger charge is -2.15. The fourth-order valence-electron chi connectivity index (χ4n) is 2.74. The van der Waals surface area contributed by atoms with Crippen LogP contribution in [-0.4, -0.2) is 5.91 Å². The van der Waals surface area contributed by atoms with E-state index < -0.39 is 0 Å². The highest BCUT2D eigenvalue weighted by Gasteiger charge is 2.10. The molecule has 0 aliphatic heterocycles. The summed E-state index contributed by atoms with van der Waals surface area (Å²) < 4.78 is 0. The first-order valence-corrected chi connectivity index (χ1v) is 9.42. The summed E-state index contributed by atoms with van der Waals surface area (Å²) in [7, 11) is 0. The number of nitrogens with one attached hydrogen (secondary N) is 2. The van der Waals surface area contributed by atoms with Crippen molar-refractivity contribution in [3.63, 3.8) is 0 Å². The number of hydrogen-bond donors (Lipinski definition) is 2. The molecule has 27 heavy (non-hydrogen) atoms. The predicted octanol–water partition coefficient (Wildman–Crippen LogP) is 6.10. The Labute approximate surface area is 169 Å². The molecule has 1 amide bonds. The first-order chi connectivity index (χ1) is 13.0. The van der Waals surface area contributed by atoms with Crippen molar-refractivity contribution < 1.29 is 4.79 Å². The van der Waals surface area contributed by atoms with Crippen molar-refractivity contribution in [3.05, 3.63) is 99.5 Å². The van der Waals surface area contributed by atoms with E-state index in [-0.39, 0.29) is 11.9 Å². The largest absolute Gasteiger partial charge is 0.322 e. The highest BCUT2D eigenvalue weighted by molar-refractivity contribution is 6.34. The van der Waals surface area contributed by atoms with Crippen molar-refractivity contribution >= 4 is 34.8 Å². The van der Waals surface area contributed by atoms with Crippen LogP contribution in [0.3, 0.4) is 0 Å². The van der Waals surface area contributed by atoms with Gasteiger partial charge in [-0.3, -0.25) is 4.79 Å². The van der Waals surface area contributed by atoms with Crippen molar-refractivity contribution in [2.75, 3.05) is 5.32 Å². The molecule has 1 atom stereocenters. The summed E-state index contributed by atoms with van der Waals surface area (Å²) in [4.78, 5) is 12.4. The molecule has 0 radical (unpaired) electrons. The van der Waals surface area contributed by atoms with Crippen LogP contribution in [0.1, 0.15) is 34.5 Å². The van der Waals surface area contributed by atoms with Gasteiger partial charge in [0.25, 0.3) is 5.91 Å².